The van der Waals surface area contributed by atoms with E-state index in [2.05, 4.69) is 21.2 Å². The Hall–Kier alpha value is -0.810. The average Bonchev–Trinajstić information content (AvgIpc) is 2.60. The van der Waals surface area contributed by atoms with Crippen molar-refractivity contribution in [2.75, 3.05) is 6.61 Å². The SMILES string of the molecule is Cn1cc(Br)cc1C(=O)NC1CCCCCC1CO. The van der Waals surface area contributed by atoms with Crippen molar-refractivity contribution in [2.24, 2.45) is 13.0 Å². The van der Waals surface area contributed by atoms with Gasteiger partial charge in [-0.05, 0) is 34.8 Å². The Bertz CT molecular complexity index is 445. The zero-order chi connectivity index (χ0) is 13.8. The van der Waals surface area contributed by atoms with E-state index < -0.39 is 0 Å². The number of hydrogen-bond donors (Lipinski definition) is 2. The molecule has 2 atom stereocenters. The molecule has 2 unspecified atom stereocenters. The quantitative estimate of drug-likeness (QED) is 0.837. The number of amides is 1. The third kappa shape index (κ3) is 3.60. The summed E-state index contributed by atoms with van der Waals surface area (Å²) in [5.74, 6) is 0.133. The van der Waals surface area contributed by atoms with Crippen LogP contribution in [0.25, 0.3) is 0 Å². The van der Waals surface area contributed by atoms with Gasteiger partial charge in [-0.1, -0.05) is 19.3 Å². The van der Waals surface area contributed by atoms with Crippen LogP contribution in [0.2, 0.25) is 0 Å². The van der Waals surface area contributed by atoms with Gasteiger partial charge in [0.25, 0.3) is 5.91 Å². The fraction of sp³-hybridized carbons (Fsp3) is 0.643. The molecule has 19 heavy (non-hydrogen) atoms. The fourth-order valence-corrected chi connectivity index (χ4v) is 3.31. The molecule has 0 saturated heterocycles. The number of aryl methyl sites for hydroxylation is 1. The number of nitrogens with one attached hydrogen (secondary N) is 1. The van der Waals surface area contributed by atoms with Crippen molar-refractivity contribution in [3.8, 4) is 0 Å². The second-order valence-corrected chi connectivity index (χ2v) is 6.23. The Labute approximate surface area is 122 Å². The van der Waals surface area contributed by atoms with Crippen LogP contribution >= 0.6 is 15.9 Å². The molecule has 1 saturated carbocycles. The van der Waals surface area contributed by atoms with Crippen LogP contribution in [-0.4, -0.2) is 28.2 Å². The maximum Gasteiger partial charge on any atom is 0.268 e. The first-order chi connectivity index (χ1) is 9.11. The molecule has 0 aromatic carbocycles. The number of carbonyl (C=O) groups excluding carboxylic acids is 1. The highest BCUT2D eigenvalue weighted by atomic mass is 79.9. The lowest BCUT2D eigenvalue weighted by atomic mass is 9.95. The lowest BCUT2D eigenvalue weighted by molar-refractivity contribution is 0.0891. The second-order valence-electron chi connectivity index (χ2n) is 5.32. The molecule has 1 aliphatic carbocycles. The predicted molar refractivity (Wildman–Crippen MR) is 78.0 cm³/mol. The zero-order valence-electron chi connectivity index (χ0n) is 11.2. The highest BCUT2D eigenvalue weighted by Gasteiger charge is 2.25. The molecule has 0 aliphatic heterocycles. The van der Waals surface area contributed by atoms with Crippen LogP contribution in [0.4, 0.5) is 0 Å². The van der Waals surface area contributed by atoms with Gasteiger partial charge in [-0.15, -0.1) is 0 Å². The van der Waals surface area contributed by atoms with Crippen molar-refractivity contribution in [1.82, 2.24) is 9.88 Å². The topological polar surface area (TPSA) is 54.3 Å². The van der Waals surface area contributed by atoms with Crippen LogP contribution in [0.15, 0.2) is 16.7 Å². The van der Waals surface area contributed by atoms with Gasteiger partial charge in [0.2, 0.25) is 0 Å². The number of halogens is 1. The zero-order valence-corrected chi connectivity index (χ0v) is 12.8. The number of aliphatic hydroxyl groups is 1. The summed E-state index contributed by atoms with van der Waals surface area (Å²) in [6.45, 7) is 0.155. The van der Waals surface area contributed by atoms with E-state index in [-0.39, 0.29) is 24.5 Å². The maximum atomic E-state index is 12.3. The summed E-state index contributed by atoms with van der Waals surface area (Å²) in [4.78, 5) is 12.3. The molecule has 2 N–H and O–H groups in total. The molecule has 1 aromatic heterocycles. The van der Waals surface area contributed by atoms with Crippen LogP contribution in [0, 0.1) is 5.92 Å². The van der Waals surface area contributed by atoms with Crippen molar-refractivity contribution < 1.29 is 9.90 Å². The van der Waals surface area contributed by atoms with Crippen LogP contribution in [0.5, 0.6) is 0 Å². The number of rotatable bonds is 3. The van der Waals surface area contributed by atoms with Gasteiger partial charge in [-0.2, -0.15) is 0 Å². The number of aromatic nitrogens is 1. The van der Waals surface area contributed by atoms with Gasteiger partial charge in [-0.3, -0.25) is 4.79 Å². The van der Waals surface area contributed by atoms with Gasteiger partial charge >= 0.3 is 0 Å². The van der Waals surface area contributed by atoms with E-state index in [4.69, 9.17) is 0 Å². The first kappa shape index (κ1) is 14.6. The lowest BCUT2D eigenvalue weighted by Crippen LogP contribution is -2.41. The molecule has 0 bridgehead atoms. The van der Waals surface area contributed by atoms with Crippen LogP contribution < -0.4 is 5.32 Å². The molecule has 1 aromatic rings. The monoisotopic (exact) mass is 328 g/mol. The van der Waals surface area contributed by atoms with Crippen molar-refractivity contribution in [3.05, 3.63) is 22.4 Å². The second kappa shape index (κ2) is 6.57. The third-order valence-corrected chi connectivity index (χ3v) is 4.35. The summed E-state index contributed by atoms with van der Waals surface area (Å²) in [5, 5.41) is 12.6. The Balaban J connectivity index is 2.06. The molecule has 1 fully saturated rings. The Kier molecular flexibility index (Phi) is 5.05. The minimum absolute atomic E-state index is 0.0569. The average molecular weight is 329 g/mol. The Morgan fingerprint density at radius 1 is 1.47 bits per heavy atom. The van der Waals surface area contributed by atoms with Crippen molar-refractivity contribution in [2.45, 2.75) is 38.1 Å². The van der Waals surface area contributed by atoms with E-state index in [1.165, 1.54) is 6.42 Å². The summed E-state index contributed by atoms with van der Waals surface area (Å²) in [6, 6.07) is 1.91. The lowest BCUT2D eigenvalue weighted by Gasteiger charge is -2.24. The molecule has 106 valence electrons. The normalized spacial score (nSPS) is 23.9. The van der Waals surface area contributed by atoms with E-state index in [1.807, 2.05) is 23.9 Å². The van der Waals surface area contributed by atoms with Crippen molar-refractivity contribution in [3.63, 3.8) is 0 Å². The summed E-state index contributed by atoms with van der Waals surface area (Å²) >= 11 is 3.37. The van der Waals surface area contributed by atoms with Crippen LogP contribution in [0.1, 0.15) is 42.6 Å². The molecule has 1 amide bonds. The largest absolute Gasteiger partial charge is 0.396 e. The third-order valence-electron chi connectivity index (χ3n) is 3.91. The highest BCUT2D eigenvalue weighted by Crippen LogP contribution is 2.23. The minimum Gasteiger partial charge on any atom is -0.396 e. The number of carbonyl (C=O) groups is 1. The molecule has 5 heteroatoms. The van der Waals surface area contributed by atoms with Gasteiger partial charge in [0, 0.05) is 36.3 Å². The van der Waals surface area contributed by atoms with E-state index >= 15 is 0 Å². The number of hydrogen-bond acceptors (Lipinski definition) is 2. The van der Waals surface area contributed by atoms with Gasteiger partial charge in [0.15, 0.2) is 0 Å². The molecular formula is C14H21BrN2O2. The van der Waals surface area contributed by atoms with Crippen LogP contribution in [-0.2, 0) is 7.05 Å². The fourth-order valence-electron chi connectivity index (χ4n) is 2.79. The predicted octanol–water partition coefficient (Wildman–Crippen LogP) is 2.46. The van der Waals surface area contributed by atoms with E-state index in [0.717, 1.165) is 30.2 Å². The minimum atomic E-state index is -0.0569. The molecular weight excluding hydrogens is 308 g/mol. The maximum absolute atomic E-state index is 12.3. The van der Waals surface area contributed by atoms with E-state index in [1.54, 1.807) is 0 Å². The molecule has 0 radical (unpaired) electrons. The Morgan fingerprint density at radius 2 is 2.21 bits per heavy atom. The van der Waals surface area contributed by atoms with Gasteiger partial charge < -0.3 is 15.0 Å². The first-order valence-corrected chi connectivity index (χ1v) is 7.64. The standard InChI is InChI=1S/C14H21BrN2O2/c1-17-8-11(15)7-13(17)14(19)16-12-6-4-2-3-5-10(12)9-18/h7-8,10,12,18H,2-6,9H2,1H3,(H,16,19). The van der Waals surface area contributed by atoms with Crippen molar-refractivity contribution >= 4 is 21.8 Å². The van der Waals surface area contributed by atoms with E-state index in [9.17, 15) is 9.90 Å². The Morgan fingerprint density at radius 3 is 2.84 bits per heavy atom. The summed E-state index contributed by atoms with van der Waals surface area (Å²) < 4.78 is 2.71. The molecule has 1 aliphatic rings. The summed E-state index contributed by atoms with van der Waals surface area (Å²) in [6.07, 6.45) is 7.29. The van der Waals surface area contributed by atoms with Gasteiger partial charge in [0.05, 0.1) is 0 Å². The summed E-state index contributed by atoms with van der Waals surface area (Å²) in [7, 11) is 1.86. The van der Waals surface area contributed by atoms with Crippen molar-refractivity contribution in [1.29, 1.82) is 0 Å². The molecule has 0 spiro atoms. The first-order valence-electron chi connectivity index (χ1n) is 6.85. The smallest absolute Gasteiger partial charge is 0.268 e. The van der Waals surface area contributed by atoms with E-state index in [0.29, 0.717) is 5.69 Å². The number of nitrogens with zero attached hydrogens (tertiary/aromatic N) is 1. The van der Waals surface area contributed by atoms with Gasteiger partial charge in [-0.25, -0.2) is 0 Å². The molecule has 2 rings (SSSR count). The molecule has 4 nitrogen and oxygen atoms in total. The van der Waals surface area contributed by atoms with Crippen LogP contribution in [0.3, 0.4) is 0 Å². The van der Waals surface area contributed by atoms with Gasteiger partial charge in [0.1, 0.15) is 5.69 Å². The highest BCUT2D eigenvalue weighted by molar-refractivity contribution is 9.10. The summed E-state index contributed by atoms with van der Waals surface area (Å²) in [5.41, 5.74) is 0.646. The molecule has 1 heterocycles. The number of aliphatic hydroxyl groups excluding tert-OH is 1.